The van der Waals surface area contributed by atoms with Gasteiger partial charge in [-0.1, -0.05) is 65.9 Å². The summed E-state index contributed by atoms with van der Waals surface area (Å²) in [4.78, 5) is 27.9. The summed E-state index contributed by atoms with van der Waals surface area (Å²) in [6, 6.07) is 26.4. The van der Waals surface area contributed by atoms with Crippen molar-refractivity contribution in [1.29, 1.82) is 0 Å². The third-order valence-corrected chi connectivity index (χ3v) is 9.36. The first-order chi connectivity index (χ1) is 22.4. The van der Waals surface area contributed by atoms with E-state index in [1.807, 2.05) is 53.3 Å². The fraction of sp³-hybridized carbons (Fsp3) is 0.206. The van der Waals surface area contributed by atoms with Crippen LogP contribution in [0.15, 0.2) is 101 Å². The van der Waals surface area contributed by atoms with Crippen molar-refractivity contribution in [3.05, 3.63) is 118 Å². The van der Waals surface area contributed by atoms with Crippen molar-refractivity contribution in [3.63, 3.8) is 0 Å². The quantitative estimate of drug-likeness (QED) is 0.173. The minimum Gasteiger partial charge on any atom is -0.497 e. The van der Waals surface area contributed by atoms with Crippen LogP contribution in [-0.2, 0) is 11.3 Å². The van der Waals surface area contributed by atoms with Gasteiger partial charge in [0.25, 0.3) is 11.8 Å². The number of hydrogen-bond donors (Lipinski definition) is 1. The van der Waals surface area contributed by atoms with Crippen LogP contribution in [0.25, 0.3) is 5.69 Å². The van der Waals surface area contributed by atoms with Crippen LogP contribution >= 0.6 is 23.1 Å². The molecule has 0 aliphatic carbocycles. The number of nitrogens with one attached hydrogen (secondary N) is 1. The Hall–Kier alpha value is -4.94. The van der Waals surface area contributed by atoms with Crippen LogP contribution in [0.1, 0.15) is 44.6 Å². The summed E-state index contributed by atoms with van der Waals surface area (Å²) in [7, 11) is 3.14. The molecule has 2 amide bonds. The number of carbonyl (C=O) groups is 2. The van der Waals surface area contributed by atoms with Crippen molar-refractivity contribution in [2.24, 2.45) is 5.10 Å². The van der Waals surface area contributed by atoms with E-state index in [1.54, 1.807) is 54.8 Å². The molecule has 6 rings (SSSR count). The zero-order valence-corrected chi connectivity index (χ0v) is 27.2. The number of thiophene rings is 1. The predicted octanol–water partition coefficient (Wildman–Crippen LogP) is 6.05. The van der Waals surface area contributed by atoms with Gasteiger partial charge in [0.1, 0.15) is 11.5 Å². The lowest BCUT2D eigenvalue weighted by Crippen LogP contribution is -2.28. The van der Waals surface area contributed by atoms with Crippen LogP contribution < -0.4 is 14.8 Å². The molecule has 0 unspecified atom stereocenters. The van der Waals surface area contributed by atoms with Gasteiger partial charge in [-0.25, -0.2) is 5.01 Å². The van der Waals surface area contributed by atoms with Crippen molar-refractivity contribution < 1.29 is 19.1 Å². The first kappa shape index (κ1) is 31.1. The van der Waals surface area contributed by atoms with Crippen LogP contribution in [0.2, 0.25) is 0 Å². The smallest absolute Gasteiger partial charge is 0.253 e. The van der Waals surface area contributed by atoms with Crippen LogP contribution in [0.3, 0.4) is 0 Å². The summed E-state index contributed by atoms with van der Waals surface area (Å²) in [5.41, 5.74) is 4.22. The summed E-state index contributed by atoms with van der Waals surface area (Å²) in [6.07, 6.45) is 0.633. The molecule has 1 aliphatic rings. The molecule has 0 spiro atoms. The van der Waals surface area contributed by atoms with Gasteiger partial charge in [-0.2, -0.15) is 5.10 Å². The Labute approximate surface area is 275 Å². The molecule has 3 aromatic carbocycles. The second-order valence-corrected chi connectivity index (χ2v) is 12.4. The Kier molecular flexibility index (Phi) is 9.46. The monoisotopic (exact) mass is 652 g/mol. The molecular weight excluding hydrogens is 621 g/mol. The normalized spacial score (nSPS) is 14.2. The van der Waals surface area contributed by atoms with E-state index in [0.717, 1.165) is 21.7 Å². The number of aromatic nitrogens is 3. The molecule has 0 fully saturated rings. The van der Waals surface area contributed by atoms with Gasteiger partial charge in [0.2, 0.25) is 0 Å². The lowest BCUT2D eigenvalue weighted by atomic mass is 10.00. The molecule has 2 aromatic heterocycles. The number of amides is 2. The third-order valence-electron chi connectivity index (χ3n) is 7.52. The fourth-order valence-electron chi connectivity index (χ4n) is 5.16. The first-order valence-electron chi connectivity index (χ1n) is 14.6. The van der Waals surface area contributed by atoms with E-state index in [2.05, 4.69) is 39.8 Å². The van der Waals surface area contributed by atoms with Crippen molar-refractivity contribution in [3.8, 4) is 17.2 Å². The van der Waals surface area contributed by atoms with Gasteiger partial charge in [-0.15, -0.1) is 21.5 Å². The maximum absolute atomic E-state index is 13.8. The van der Waals surface area contributed by atoms with Crippen molar-refractivity contribution in [1.82, 2.24) is 25.1 Å². The van der Waals surface area contributed by atoms with Gasteiger partial charge in [0.05, 0.1) is 48.8 Å². The van der Waals surface area contributed by atoms with Crippen LogP contribution in [0, 0.1) is 6.92 Å². The number of rotatable bonds is 11. The molecule has 0 radical (unpaired) electrons. The highest BCUT2D eigenvalue weighted by atomic mass is 32.2. The number of thioether (sulfide) groups is 1. The van der Waals surface area contributed by atoms with E-state index in [0.29, 0.717) is 40.2 Å². The Morgan fingerprint density at radius 2 is 1.80 bits per heavy atom. The fourth-order valence-corrected chi connectivity index (χ4v) is 6.70. The second kappa shape index (κ2) is 14.0. The summed E-state index contributed by atoms with van der Waals surface area (Å²) in [5.74, 6) is 1.31. The van der Waals surface area contributed by atoms with Gasteiger partial charge in [-0.3, -0.25) is 14.2 Å². The van der Waals surface area contributed by atoms with Gasteiger partial charge in [0.15, 0.2) is 11.0 Å². The second-order valence-electron chi connectivity index (χ2n) is 10.5. The highest BCUT2D eigenvalue weighted by Crippen LogP contribution is 2.35. The van der Waals surface area contributed by atoms with Gasteiger partial charge in [0, 0.05) is 12.0 Å². The SMILES string of the molecule is COc1cccc(C(=O)NCc2nnc(SCC(=O)N3N=C(c4cccs4)C[C@H]3c3ccc(C)cc3)n2-c2ccccc2OC)c1. The number of hydrazone groups is 1. The number of aryl methyl sites for hydroxylation is 1. The van der Waals surface area contributed by atoms with E-state index in [9.17, 15) is 9.59 Å². The highest BCUT2D eigenvalue weighted by Gasteiger charge is 2.33. The summed E-state index contributed by atoms with van der Waals surface area (Å²) in [5, 5.41) is 20.7. The third kappa shape index (κ3) is 6.68. The molecule has 0 bridgehead atoms. The molecule has 234 valence electrons. The number of hydrogen-bond acceptors (Lipinski definition) is 9. The van der Waals surface area contributed by atoms with Crippen LogP contribution in [0.5, 0.6) is 11.5 Å². The van der Waals surface area contributed by atoms with Crippen molar-refractivity contribution in [2.75, 3.05) is 20.0 Å². The Morgan fingerprint density at radius 1 is 0.978 bits per heavy atom. The van der Waals surface area contributed by atoms with E-state index < -0.39 is 0 Å². The van der Waals surface area contributed by atoms with Gasteiger partial charge >= 0.3 is 0 Å². The summed E-state index contributed by atoms with van der Waals surface area (Å²) >= 11 is 2.87. The first-order valence-corrected chi connectivity index (χ1v) is 16.4. The topological polar surface area (TPSA) is 111 Å². The predicted molar refractivity (Wildman–Crippen MR) is 179 cm³/mol. The van der Waals surface area contributed by atoms with Crippen molar-refractivity contribution >= 4 is 40.6 Å². The maximum Gasteiger partial charge on any atom is 0.253 e. The molecule has 1 atom stereocenters. The lowest BCUT2D eigenvalue weighted by molar-refractivity contribution is -0.130. The molecule has 0 saturated heterocycles. The molecule has 1 N–H and O–H groups in total. The zero-order valence-electron chi connectivity index (χ0n) is 25.5. The molecule has 12 heteroatoms. The largest absolute Gasteiger partial charge is 0.497 e. The Bertz CT molecular complexity index is 1870. The summed E-state index contributed by atoms with van der Waals surface area (Å²) in [6.45, 7) is 2.13. The minimum atomic E-state index is -0.284. The van der Waals surface area contributed by atoms with E-state index in [1.165, 1.54) is 11.8 Å². The van der Waals surface area contributed by atoms with Gasteiger partial charge in [-0.05, 0) is 54.3 Å². The van der Waals surface area contributed by atoms with E-state index in [4.69, 9.17) is 14.6 Å². The highest BCUT2D eigenvalue weighted by molar-refractivity contribution is 7.99. The number of nitrogens with zero attached hydrogens (tertiary/aromatic N) is 5. The minimum absolute atomic E-state index is 0.0764. The number of methoxy groups -OCH3 is 2. The lowest BCUT2D eigenvalue weighted by Gasteiger charge is -2.22. The van der Waals surface area contributed by atoms with Crippen molar-refractivity contribution in [2.45, 2.75) is 31.1 Å². The standard InChI is InChI=1S/C34H32N6O4S2/c1-22-13-15-23(16-14-22)28-19-26(30-12-7-17-45-30)38-40(28)32(41)21-46-34-37-36-31(39(34)27-10-4-5-11-29(27)44-3)20-35-33(42)24-8-6-9-25(18-24)43-2/h4-18,28H,19-21H2,1-3H3,(H,35,42)/t28-/m0/s1. The molecule has 0 saturated carbocycles. The Morgan fingerprint density at radius 3 is 2.57 bits per heavy atom. The van der Waals surface area contributed by atoms with Gasteiger partial charge < -0.3 is 14.8 Å². The van der Waals surface area contributed by atoms with Crippen LogP contribution in [0.4, 0.5) is 0 Å². The molecule has 3 heterocycles. The molecule has 46 heavy (non-hydrogen) atoms. The molecule has 1 aliphatic heterocycles. The number of benzene rings is 3. The molecule has 5 aromatic rings. The number of para-hydroxylation sites is 2. The molecular formula is C34H32N6O4S2. The van der Waals surface area contributed by atoms with E-state index in [-0.39, 0.29) is 30.2 Å². The number of ether oxygens (including phenoxy) is 2. The Balaban J connectivity index is 1.25. The zero-order chi connectivity index (χ0) is 32.0. The van der Waals surface area contributed by atoms with E-state index >= 15 is 0 Å². The number of carbonyl (C=O) groups excluding carboxylic acids is 2. The summed E-state index contributed by atoms with van der Waals surface area (Å²) < 4.78 is 12.7. The average molecular weight is 653 g/mol. The average Bonchev–Trinajstić information content (AvgIpc) is 3.87. The maximum atomic E-state index is 13.8. The molecule has 10 nitrogen and oxygen atoms in total. The van der Waals surface area contributed by atoms with Crippen LogP contribution in [-0.4, -0.2) is 57.3 Å².